The molecule has 9 heteroatoms. The highest BCUT2D eigenvalue weighted by Gasteiger charge is 2.34. The molecule has 5 rings (SSSR count). The molecule has 1 unspecified atom stereocenters. The number of nitrogens with two attached hydrogens (primary N) is 1. The van der Waals surface area contributed by atoms with E-state index in [1.54, 1.807) is 10.9 Å². The molecular formula is C25H22F3N5O. The zero-order valence-electron chi connectivity index (χ0n) is 18.4. The van der Waals surface area contributed by atoms with E-state index in [0.717, 1.165) is 39.9 Å². The number of nitrogens with one attached hydrogen (secondary N) is 1. The number of aromatic amines is 1. The average molecular weight is 465 g/mol. The number of aromatic nitrogens is 4. The number of H-pyrrole nitrogens is 1. The normalized spacial score (nSPS) is 16.2. The van der Waals surface area contributed by atoms with Gasteiger partial charge in [-0.3, -0.25) is 14.6 Å². The molecule has 1 atom stereocenters. The van der Waals surface area contributed by atoms with Gasteiger partial charge in [0.25, 0.3) is 0 Å². The third kappa shape index (κ3) is 3.92. The zero-order valence-corrected chi connectivity index (χ0v) is 18.4. The highest BCUT2D eigenvalue weighted by molar-refractivity contribution is 5.99. The number of Topliss-reactive ketones (excluding diaryl/α,β-unsaturated/α-hetero) is 1. The summed E-state index contributed by atoms with van der Waals surface area (Å²) in [7, 11) is 0. The SMILES string of the molecule is CC1=C(C(=O)Cc2ccc3[nH]ncc3c2)C(c2ccc(C(F)(F)F)cc2)n2nc(CN)cc2C1. The number of fused-ring (bicyclic) bond motifs is 2. The van der Waals surface area contributed by atoms with Gasteiger partial charge in [0.1, 0.15) is 6.04 Å². The summed E-state index contributed by atoms with van der Waals surface area (Å²) in [6.45, 7) is 2.12. The molecule has 3 heterocycles. The molecule has 6 nitrogen and oxygen atoms in total. The number of halogens is 3. The van der Waals surface area contributed by atoms with Crippen molar-refractivity contribution >= 4 is 16.7 Å². The van der Waals surface area contributed by atoms with Crippen molar-refractivity contribution in [2.75, 3.05) is 0 Å². The molecule has 0 bridgehead atoms. The van der Waals surface area contributed by atoms with Crippen molar-refractivity contribution < 1.29 is 18.0 Å². The Morgan fingerprint density at radius 2 is 1.94 bits per heavy atom. The summed E-state index contributed by atoms with van der Waals surface area (Å²) in [5, 5.41) is 12.4. The Bertz CT molecular complexity index is 1410. The lowest BCUT2D eigenvalue weighted by atomic mass is 9.85. The van der Waals surface area contributed by atoms with Crippen molar-refractivity contribution in [1.29, 1.82) is 0 Å². The number of carbonyl (C=O) groups is 1. The van der Waals surface area contributed by atoms with E-state index in [1.807, 2.05) is 31.2 Å². The fourth-order valence-corrected chi connectivity index (χ4v) is 4.60. The Morgan fingerprint density at radius 3 is 2.65 bits per heavy atom. The summed E-state index contributed by atoms with van der Waals surface area (Å²) < 4.78 is 41.2. The maximum atomic E-state index is 13.6. The summed E-state index contributed by atoms with van der Waals surface area (Å²) in [6.07, 6.45) is -2.06. The van der Waals surface area contributed by atoms with E-state index in [-0.39, 0.29) is 18.7 Å². The number of benzene rings is 2. The van der Waals surface area contributed by atoms with Crippen LogP contribution in [0.1, 0.15) is 41.0 Å². The van der Waals surface area contributed by atoms with Gasteiger partial charge in [-0.25, -0.2) is 0 Å². The van der Waals surface area contributed by atoms with Gasteiger partial charge in [-0.05, 0) is 48.4 Å². The standard InChI is InChI=1S/C25H22F3N5O/c1-14-8-20-11-19(12-29)32-33(20)24(16-3-5-18(6-4-16)25(26,27)28)23(14)22(34)10-15-2-7-21-17(9-15)13-30-31-21/h2-7,9,11,13,24H,8,10,12,29H2,1H3,(H,30,31). The van der Waals surface area contributed by atoms with Crippen molar-refractivity contribution in [3.05, 3.63) is 94.0 Å². The van der Waals surface area contributed by atoms with Gasteiger partial charge in [-0.2, -0.15) is 23.4 Å². The molecule has 174 valence electrons. The highest BCUT2D eigenvalue weighted by Crippen LogP contribution is 2.38. The van der Waals surface area contributed by atoms with Crippen molar-refractivity contribution in [3.63, 3.8) is 0 Å². The lowest BCUT2D eigenvalue weighted by Gasteiger charge is -2.29. The molecule has 1 aliphatic heterocycles. The minimum absolute atomic E-state index is 0.0966. The molecule has 0 aliphatic carbocycles. The number of ketones is 1. The van der Waals surface area contributed by atoms with Crippen LogP contribution in [0.5, 0.6) is 0 Å². The maximum absolute atomic E-state index is 13.6. The van der Waals surface area contributed by atoms with Crippen molar-refractivity contribution in [2.24, 2.45) is 5.73 Å². The van der Waals surface area contributed by atoms with Crippen LogP contribution in [0.3, 0.4) is 0 Å². The number of hydrogen-bond donors (Lipinski definition) is 2. The summed E-state index contributed by atoms with van der Waals surface area (Å²) >= 11 is 0. The molecule has 0 saturated heterocycles. The van der Waals surface area contributed by atoms with Crippen LogP contribution in [0.15, 0.2) is 65.9 Å². The van der Waals surface area contributed by atoms with E-state index >= 15 is 0 Å². The van der Waals surface area contributed by atoms with Gasteiger partial charge in [0.05, 0.1) is 23.0 Å². The average Bonchev–Trinajstić information content (AvgIpc) is 3.43. The van der Waals surface area contributed by atoms with E-state index in [1.165, 1.54) is 12.1 Å². The van der Waals surface area contributed by atoms with Crippen LogP contribution in [0.25, 0.3) is 10.9 Å². The Hall–Kier alpha value is -3.72. The van der Waals surface area contributed by atoms with Gasteiger partial charge >= 0.3 is 6.18 Å². The van der Waals surface area contributed by atoms with Crippen LogP contribution in [0.4, 0.5) is 13.2 Å². The van der Waals surface area contributed by atoms with E-state index in [9.17, 15) is 18.0 Å². The number of alkyl halides is 3. The second-order valence-corrected chi connectivity index (χ2v) is 8.56. The molecule has 0 spiro atoms. The number of rotatable bonds is 5. The van der Waals surface area contributed by atoms with Gasteiger partial charge in [0, 0.05) is 36.0 Å². The first-order chi connectivity index (χ1) is 16.2. The van der Waals surface area contributed by atoms with E-state index in [2.05, 4.69) is 15.3 Å². The van der Waals surface area contributed by atoms with E-state index in [4.69, 9.17) is 5.73 Å². The molecular weight excluding hydrogens is 443 g/mol. The zero-order chi connectivity index (χ0) is 24.0. The van der Waals surface area contributed by atoms with Crippen LogP contribution in [-0.4, -0.2) is 25.8 Å². The van der Waals surface area contributed by atoms with E-state index < -0.39 is 17.8 Å². The minimum atomic E-state index is -4.44. The quantitative estimate of drug-likeness (QED) is 0.454. The van der Waals surface area contributed by atoms with E-state index in [0.29, 0.717) is 23.3 Å². The third-order valence-electron chi connectivity index (χ3n) is 6.22. The highest BCUT2D eigenvalue weighted by atomic mass is 19.4. The van der Waals surface area contributed by atoms with Crippen LogP contribution < -0.4 is 5.73 Å². The minimum Gasteiger partial charge on any atom is -0.325 e. The molecule has 0 amide bonds. The fraction of sp³-hybridized carbons (Fsp3) is 0.240. The van der Waals surface area contributed by atoms with Crippen LogP contribution in [-0.2, 0) is 30.4 Å². The molecule has 1 aliphatic rings. The Morgan fingerprint density at radius 1 is 1.18 bits per heavy atom. The molecule has 34 heavy (non-hydrogen) atoms. The monoisotopic (exact) mass is 465 g/mol. The molecule has 3 N–H and O–H groups in total. The first kappa shape index (κ1) is 22.1. The van der Waals surface area contributed by atoms with Crippen molar-refractivity contribution in [3.8, 4) is 0 Å². The molecule has 0 radical (unpaired) electrons. The Labute approximate surface area is 193 Å². The van der Waals surface area contributed by atoms with Gasteiger partial charge in [-0.15, -0.1) is 0 Å². The summed E-state index contributed by atoms with van der Waals surface area (Å²) in [5.74, 6) is -0.0966. The first-order valence-corrected chi connectivity index (χ1v) is 10.8. The van der Waals surface area contributed by atoms with Gasteiger partial charge in [-0.1, -0.05) is 23.8 Å². The molecule has 2 aromatic heterocycles. The number of nitrogens with zero attached hydrogens (tertiary/aromatic N) is 3. The van der Waals surface area contributed by atoms with Gasteiger partial charge in [0.2, 0.25) is 0 Å². The number of hydrogen-bond acceptors (Lipinski definition) is 4. The summed E-state index contributed by atoms with van der Waals surface area (Å²) in [5.41, 5.74) is 10.3. The third-order valence-corrected chi connectivity index (χ3v) is 6.22. The molecule has 2 aromatic carbocycles. The Kier molecular flexibility index (Phi) is 5.36. The first-order valence-electron chi connectivity index (χ1n) is 10.8. The van der Waals surface area contributed by atoms with Crippen LogP contribution in [0, 0.1) is 0 Å². The van der Waals surface area contributed by atoms with Gasteiger partial charge in [0.15, 0.2) is 5.78 Å². The topological polar surface area (TPSA) is 89.6 Å². The van der Waals surface area contributed by atoms with Crippen molar-refractivity contribution in [1.82, 2.24) is 20.0 Å². The van der Waals surface area contributed by atoms with Crippen LogP contribution >= 0.6 is 0 Å². The summed E-state index contributed by atoms with van der Waals surface area (Å²) in [4.78, 5) is 13.6. The second kappa shape index (κ2) is 8.25. The van der Waals surface area contributed by atoms with Gasteiger partial charge < -0.3 is 5.73 Å². The van der Waals surface area contributed by atoms with Crippen molar-refractivity contribution in [2.45, 2.75) is 38.5 Å². The predicted molar refractivity (Wildman–Crippen MR) is 121 cm³/mol. The second-order valence-electron chi connectivity index (χ2n) is 8.56. The lowest BCUT2D eigenvalue weighted by Crippen LogP contribution is -2.28. The summed E-state index contributed by atoms with van der Waals surface area (Å²) in [6, 6.07) is 11.8. The maximum Gasteiger partial charge on any atom is 0.416 e. The lowest BCUT2D eigenvalue weighted by molar-refractivity contribution is -0.137. The molecule has 4 aromatic rings. The number of allylic oxidation sites excluding steroid dienone is 2. The fourth-order valence-electron chi connectivity index (χ4n) is 4.60. The largest absolute Gasteiger partial charge is 0.416 e. The van der Waals surface area contributed by atoms with Crippen LogP contribution in [0.2, 0.25) is 0 Å². The Balaban J connectivity index is 1.56. The predicted octanol–water partition coefficient (Wildman–Crippen LogP) is 4.51. The molecule has 0 fully saturated rings. The smallest absolute Gasteiger partial charge is 0.325 e. The molecule has 0 saturated carbocycles. The number of carbonyl (C=O) groups excluding carboxylic acids is 1.